The molecule has 1 unspecified atom stereocenters. The van der Waals surface area contributed by atoms with E-state index in [2.05, 4.69) is 15.2 Å². The molecule has 2 saturated heterocycles. The summed E-state index contributed by atoms with van der Waals surface area (Å²) in [6.07, 6.45) is 7.77. The molecule has 4 rings (SSSR count). The molecule has 3 aliphatic rings. The Hall–Kier alpha value is -1.96. The molecule has 160 valence electrons. The van der Waals surface area contributed by atoms with Crippen LogP contribution in [0.25, 0.3) is 0 Å². The maximum absolute atomic E-state index is 12.8. The second-order valence-corrected chi connectivity index (χ2v) is 8.69. The third kappa shape index (κ3) is 3.79. The zero-order valence-corrected chi connectivity index (χ0v) is 17.7. The van der Waals surface area contributed by atoms with Crippen molar-refractivity contribution >= 4 is 11.8 Å². The summed E-state index contributed by atoms with van der Waals surface area (Å²) in [5.41, 5.74) is 0.623. The van der Waals surface area contributed by atoms with Gasteiger partial charge in [0.15, 0.2) is 5.69 Å². The maximum Gasteiger partial charge on any atom is 0.276 e. The van der Waals surface area contributed by atoms with Gasteiger partial charge in [0.25, 0.3) is 5.91 Å². The second kappa shape index (κ2) is 8.42. The first-order chi connectivity index (χ1) is 14.1. The lowest BCUT2D eigenvalue weighted by atomic mass is 9.59. The molecule has 8 nitrogen and oxygen atoms in total. The number of likely N-dealkylation sites (tertiary alicyclic amines) is 1. The quantitative estimate of drug-likeness (QED) is 0.752. The van der Waals surface area contributed by atoms with Gasteiger partial charge in [0.05, 0.1) is 12.2 Å². The van der Waals surface area contributed by atoms with Crippen molar-refractivity contribution in [1.82, 2.24) is 24.8 Å². The lowest BCUT2D eigenvalue weighted by Gasteiger charge is -2.53. The zero-order chi connectivity index (χ0) is 20.4. The van der Waals surface area contributed by atoms with Crippen LogP contribution in [0.4, 0.5) is 0 Å². The molecular weight excluding hydrogens is 370 g/mol. The molecule has 3 heterocycles. The van der Waals surface area contributed by atoms with Crippen molar-refractivity contribution in [2.45, 2.75) is 58.4 Å². The van der Waals surface area contributed by atoms with Crippen LogP contribution in [-0.4, -0.2) is 76.0 Å². The summed E-state index contributed by atoms with van der Waals surface area (Å²) in [5.74, 6) is 0.400. The van der Waals surface area contributed by atoms with Gasteiger partial charge in [-0.05, 0) is 57.8 Å². The van der Waals surface area contributed by atoms with Gasteiger partial charge in [0.1, 0.15) is 0 Å². The number of carbonyl (C=O) groups is 2. The van der Waals surface area contributed by atoms with E-state index in [1.54, 1.807) is 4.90 Å². The van der Waals surface area contributed by atoms with Crippen LogP contribution in [-0.2, 0) is 9.53 Å². The molecule has 3 fully saturated rings. The minimum atomic E-state index is -0.0495. The first-order valence-electron chi connectivity index (χ1n) is 11.2. The molecule has 29 heavy (non-hydrogen) atoms. The van der Waals surface area contributed by atoms with Crippen LogP contribution in [0, 0.1) is 11.3 Å². The van der Waals surface area contributed by atoms with Crippen molar-refractivity contribution in [2.24, 2.45) is 11.3 Å². The molecule has 1 aromatic rings. The second-order valence-electron chi connectivity index (χ2n) is 8.69. The van der Waals surface area contributed by atoms with E-state index in [-0.39, 0.29) is 23.3 Å². The average Bonchev–Trinajstić information content (AvgIpc) is 3.23. The SMILES string of the molecule is CCN(CC)C(=O)c1cn(C2CCC23CCN(C(=O)C2CCOCC2)CC3)nn1. The largest absolute Gasteiger partial charge is 0.381 e. The monoisotopic (exact) mass is 403 g/mol. The Bertz CT molecular complexity index is 730. The Morgan fingerprint density at radius 3 is 2.41 bits per heavy atom. The Balaban J connectivity index is 1.37. The number of ether oxygens (including phenoxy) is 1. The fourth-order valence-corrected chi connectivity index (χ4v) is 5.25. The van der Waals surface area contributed by atoms with Crippen LogP contribution < -0.4 is 0 Å². The van der Waals surface area contributed by atoms with Gasteiger partial charge in [-0.1, -0.05) is 5.21 Å². The zero-order valence-electron chi connectivity index (χ0n) is 17.7. The lowest BCUT2D eigenvalue weighted by molar-refractivity contribution is -0.143. The van der Waals surface area contributed by atoms with Crippen LogP contribution in [0.2, 0.25) is 0 Å². The third-order valence-electron chi connectivity index (χ3n) is 7.36. The molecule has 1 aliphatic carbocycles. The van der Waals surface area contributed by atoms with Gasteiger partial charge in [0, 0.05) is 45.3 Å². The number of carbonyl (C=O) groups excluding carboxylic acids is 2. The average molecular weight is 404 g/mol. The number of hydrogen-bond donors (Lipinski definition) is 0. The standard InChI is InChI=1S/C21H33N5O3/c1-3-24(4-2)20(28)17-15-26(23-22-17)18-5-8-21(18)9-11-25(12-10-21)19(27)16-6-13-29-14-7-16/h15-16,18H,3-14H2,1-2H3. The van der Waals surface area contributed by atoms with Crippen LogP contribution >= 0.6 is 0 Å². The molecule has 0 N–H and O–H groups in total. The maximum atomic E-state index is 12.8. The predicted molar refractivity (Wildman–Crippen MR) is 107 cm³/mol. The molecule has 0 aromatic carbocycles. The minimum Gasteiger partial charge on any atom is -0.381 e. The first kappa shape index (κ1) is 20.3. The van der Waals surface area contributed by atoms with Gasteiger partial charge < -0.3 is 14.5 Å². The van der Waals surface area contributed by atoms with E-state index in [1.807, 2.05) is 24.7 Å². The fourth-order valence-electron chi connectivity index (χ4n) is 5.25. The van der Waals surface area contributed by atoms with Crippen LogP contribution in [0.15, 0.2) is 6.20 Å². The summed E-state index contributed by atoms with van der Waals surface area (Å²) in [5, 5.41) is 8.48. The summed E-state index contributed by atoms with van der Waals surface area (Å²) < 4.78 is 7.31. The molecule has 1 atom stereocenters. The van der Waals surface area contributed by atoms with Gasteiger partial charge in [0.2, 0.25) is 5.91 Å². The van der Waals surface area contributed by atoms with E-state index < -0.39 is 0 Å². The van der Waals surface area contributed by atoms with Gasteiger partial charge in [-0.25, -0.2) is 4.68 Å². The Morgan fingerprint density at radius 2 is 1.83 bits per heavy atom. The summed E-state index contributed by atoms with van der Waals surface area (Å²) in [6.45, 7) is 8.36. The van der Waals surface area contributed by atoms with E-state index in [4.69, 9.17) is 4.74 Å². The molecule has 2 aliphatic heterocycles. The number of aromatic nitrogens is 3. The summed E-state index contributed by atoms with van der Waals surface area (Å²) in [7, 11) is 0. The van der Waals surface area contributed by atoms with Crippen molar-refractivity contribution in [1.29, 1.82) is 0 Å². The predicted octanol–water partition coefficient (Wildman–Crippen LogP) is 2.13. The van der Waals surface area contributed by atoms with Crippen LogP contribution in [0.5, 0.6) is 0 Å². The van der Waals surface area contributed by atoms with Crippen LogP contribution in [0.3, 0.4) is 0 Å². The Morgan fingerprint density at radius 1 is 1.14 bits per heavy atom. The molecule has 0 radical (unpaired) electrons. The van der Waals surface area contributed by atoms with Crippen molar-refractivity contribution < 1.29 is 14.3 Å². The summed E-state index contributed by atoms with van der Waals surface area (Å²) >= 11 is 0. The highest BCUT2D eigenvalue weighted by atomic mass is 16.5. The van der Waals surface area contributed by atoms with E-state index >= 15 is 0 Å². The van der Waals surface area contributed by atoms with Gasteiger partial charge >= 0.3 is 0 Å². The van der Waals surface area contributed by atoms with E-state index in [9.17, 15) is 9.59 Å². The lowest BCUT2D eigenvalue weighted by Crippen LogP contribution is -2.52. The van der Waals surface area contributed by atoms with E-state index in [1.165, 1.54) is 0 Å². The summed E-state index contributed by atoms with van der Waals surface area (Å²) in [4.78, 5) is 29.2. The highest BCUT2D eigenvalue weighted by molar-refractivity contribution is 5.91. The van der Waals surface area contributed by atoms with E-state index in [0.29, 0.717) is 37.9 Å². The normalized spacial score (nSPS) is 24.3. The number of nitrogens with zero attached hydrogens (tertiary/aromatic N) is 5. The molecular formula is C21H33N5O3. The van der Waals surface area contributed by atoms with Crippen molar-refractivity contribution in [3.8, 4) is 0 Å². The minimum absolute atomic E-state index is 0.0495. The number of hydrogen-bond acceptors (Lipinski definition) is 5. The van der Waals surface area contributed by atoms with Crippen LogP contribution in [0.1, 0.15) is 68.9 Å². The number of rotatable bonds is 5. The topological polar surface area (TPSA) is 80.6 Å². The number of amides is 2. The summed E-state index contributed by atoms with van der Waals surface area (Å²) in [6, 6.07) is 0.286. The van der Waals surface area contributed by atoms with Crippen molar-refractivity contribution in [3.05, 3.63) is 11.9 Å². The molecule has 1 saturated carbocycles. The Labute approximate surface area is 172 Å². The molecule has 2 amide bonds. The van der Waals surface area contributed by atoms with Gasteiger partial charge in [-0.2, -0.15) is 0 Å². The molecule has 0 bridgehead atoms. The van der Waals surface area contributed by atoms with Gasteiger partial charge in [-0.3, -0.25) is 9.59 Å². The highest BCUT2D eigenvalue weighted by Gasteiger charge is 2.50. The molecule has 1 spiro atoms. The molecule has 1 aromatic heterocycles. The highest BCUT2D eigenvalue weighted by Crippen LogP contribution is 2.56. The van der Waals surface area contributed by atoms with Crippen molar-refractivity contribution in [3.63, 3.8) is 0 Å². The van der Waals surface area contributed by atoms with Gasteiger partial charge in [-0.15, -0.1) is 5.10 Å². The fraction of sp³-hybridized carbons (Fsp3) is 0.810. The molecule has 8 heteroatoms. The smallest absolute Gasteiger partial charge is 0.276 e. The number of piperidine rings is 1. The Kier molecular flexibility index (Phi) is 5.90. The first-order valence-corrected chi connectivity index (χ1v) is 11.2. The third-order valence-corrected chi connectivity index (χ3v) is 7.36. The van der Waals surface area contributed by atoms with Crippen molar-refractivity contribution in [2.75, 3.05) is 39.4 Å². The van der Waals surface area contributed by atoms with E-state index in [0.717, 1.165) is 51.6 Å².